The van der Waals surface area contributed by atoms with E-state index in [1.807, 2.05) is 0 Å². The van der Waals surface area contributed by atoms with Crippen molar-refractivity contribution in [2.24, 2.45) is 0 Å². The van der Waals surface area contributed by atoms with Crippen LogP contribution in [-0.4, -0.2) is 33.8 Å². The molecule has 3 aromatic heterocycles. The molecule has 8 nitrogen and oxygen atoms in total. The summed E-state index contributed by atoms with van der Waals surface area (Å²) < 4.78 is 58.5. The highest BCUT2D eigenvalue weighted by atomic mass is 19.4. The van der Waals surface area contributed by atoms with Gasteiger partial charge in [0, 0.05) is 11.8 Å². The number of aromatic amines is 1. The van der Waals surface area contributed by atoms with Crippen molar-refractivity contribution in [3.63, 3.8) is 0 Å². The Kier molecular flexibility index (Phi) is 5.90. The molecule has 0 aliphatic rings. The summed E-state index contributed by atoms with van der Waals surface area (Å²) >= 11 is 0. The molecule has 4 aromatic rings. The third-order valence-electron chi connectivity index (χ3n) is 5.30. The van der Waals surface area contributed by atoms with Gasteiger partial charge < -0.3 is 18.9 Å². The summed E-state index contributed by atoms with van der Waals surface area (Å²) in [6, 6.07) is 5.96. The summed E-state index contributed by atoms with van der Waals surface area (Å²) in [4.78, 5) is 20.5. The Bertz CT molecular complexity index is 1550. The van der Waals surface area contributed by atoms with Gasteiger partial charge in [-0.2, -0.15) is 22.8 Å². The zero-order chi connectivity index (χ0) is 25.5. The molecule has 0 aliphatic heterocycles. The van der Waals surface area contributed by atoms with Crippen molar-refractivity contribution in [3.8, 4) is 40.7 Å². The predicted molar refractivity (Wildman–Crippen MR) is 122 cm³/mol. The van der Waals surface area contributed by atoms with Crippen LogP contribution < -0.4 is 10.3 Å². The van der Waals surface area contributed by atoms with E-state index < -0.39 is 17.4 Å². The third kappa shape index (κ3) is 4.03. The number of alkyl halides is 3. The summed E-state index contributed by atoms with van der Waals surface area (Å²) in [6.07, 6.45) is 1.82. The fourth-order valence-corrected chi connectivity index (χ4v) is 3.70. The van der Waals surface area contributed by atoms with Crippen LogP contribution in [0.15, 0.2) is 39.6 Å². The first kappa shape index (κ1) is 23.7. The minimum atomic E-state index is -4.82. The Morgan fingerprint density at radius 1 is 1.20 bits per heavy atom. The van der Waals surface area contributed by atoms with E-state index in [0.29, 0.717) is 16.0 Å². The van der Waals surface area contributed by atoms with Gasteiger partial charge in [0.25, 0.3) is 5.56 Å². The van der Waals surface area contributed by atoms with Crippen LogP contribution in [0.4, 0.5) is 13.2 Å². The van der Waals surface area contributed by atoms with Crippen molar-refractivity contribution in [2.45, 2.75) is 20.0 Å². The number of benzene rings is 1. The second-order valence-corrected chi connectivity index (χ2v) is 7.44. The maximum atomic E-state index is 13.9. The lowest BCUT2D eigenvalue weighted by Crippen LogP contribution is -2.20. The quantitative estimate of drug-likeness (QED) is 0.329. The molecule has 0 amide bonds. The van der Waals surface area contributed by atoms with E-state index >= 15 is 0 Å². The molecule has 3 heterocycles. The number of aromatic nitrogens is 4. The van der Waals surface area contributed by atoms with Crippen LogP contribution >= 0.6 is 0 Å². The first-order valence-electron chi connectivity index (χ1n) is 10.2. The minimum Gasteiger partial charge on any atom is -0.497 e. The molecule has 0 spiro atoms. The van der Waals surface area contributed by atoms with E-state index in [4.69, 9.17) is 20.3 Å². The number of fused-ring (bicyclic) bond motifs is 1. The Hall–Kier alpha value is -4.46. The molecule has 1 aromatic carbocycles. The lowest BCUT2D eigenvalue weighted by molar-refractivity contribution is -0.140. The van der Waals surface area contributed by atoms with Gasteiger partial charge in [0.2, 0.25) is 5.89 Å². The monoisotopic (exact) mass is 484 g/mol. The number of ether oxygens (including phenoxy) is 2. The summed E-state index contributed by atoms with van der Waals surface area (Å²) in [6.45, 7) is 3.12. The number of hydrogen-bond acceptors (Lipinski definition) is 6. The van der Waals surface area contributed by atoms with E-state index in [1.165, 1.54) is 51.5 Å². The average Bonchev–Trinajstić information content (AvgIpc) is 3.38. The average molecular weight is 484 g/mol. The van der Waals surface area contributed by atoms with Crippen molar-refractivity contribution in [2.75, 3.05) is 14.2 Å². The van der Waals surface area contributed by atoms with Crippen molar-refractivity contribution in [3.05, 3.63) is 63.5 Å². The summed E-state index contributed by atoms with van der Waals surface area (Å²) in [5.74, 6) is 3.21. The standard InChI is InChI=1S/C24H19F3N4O4/c1-6-7-16(34-5)19-13(3)35-22(29-19)17-12(2)28-21-18(14-8-10-15(33-4)11-9-14)20(24(25,26)27)30-31(21)23(17)32/h1,7-11,28H,2-5H3/b16-7+. The van der Waals surface area contributed by atoms with Gasteiger partial charge in [0.15, 0.2) is 11.5 Å². The van der Waals surface area contributed by atoms with Crippen LogP contribution in [0.3, 0.4) is 0 Å². The largest absolute Gasteiger partial charge is 0.497 e. The summed E-state index contributed by atoms with van der Waals surface area (Å²) in [7, 11) is 2.84. The van der Waals surface area contributed by atoms with Gasteiger partial charge in [-0.3, -0.25) is 4.79 Å². The van der Waals surface area contributed by atoms with Gasteiger partial charge in [-0.1, -0.05) is 18.1 Å². The predicted octanol–water partition coefficient (Wildman–Crippen LogP) is 4.61. The molecule has 180 valence electrons. The highest BCUT2D eigenvalue weighted by molar-refractivity contribution is 5.81. The van der Waals surface area contributed by atoms with Gasteiger partial charge >= 0.3 is 6.18 Å². The first-order chi connectivity index (χ1) is 16.6. The van der Waals surface area contributed by atoms with Gasteiger partial charge in [0.05, 0.1) is 19.8 Å². The van der Waals surface area contributed by atoms with Crippen LogP contribution in [0, 0.1) is 26.2 Å². The highest BCUT2D eigenvalue weighted by Gasteiger charge is 2.39. The molecule has 0 bridgehead atoms. The second kappa shape index (κ2) is 8.72. The maximum Gasteiger partial charge on any atom is 0.435 e. The lowest BCUT2D eigenvalue weighted by atomic mass is 10.0. The molecule has 4 rings (SSSR count). The minimum absolute atomic E-state index is 0.0829. The summed E-state index contributed by atoms with van der Waals surface area (Å²) in [5, 5.41) is 3.62. The van der Waals surface area contributed by atoms with E-state index in [1.54, 1.807) is 6.92 Å². The second-order valence-electron chi connectivity index (χ2n) is 7.44. The van der Waals surface area contributed by atoms with Crippen molar-refractivity contribution < 1.29 is 27.1 Å². The highest BCUT2D eigenvalue weighted by Crippen LogP contribution is 2.39. The molecule has 0 atom stereocenters. The van der Waals surface area contributed by atoms with E-state index in [2.05, 4.69) is 21.0 Å². The van der Waals surface area contributed by atoms with Gasteiger partial charge in [-0.05, 0) is 31.5 Å². The Morgan fingerprint density at radius 3 is 2.46 bits per heavy atom. The van der Waals surface area contributed by atoms with Crippen LogP contribution in [0.2, 0.25) is 0 Å². The number of rotatable bonds is 5. The number of terminal acetylenes is 1. The fraction of sp³-hybridized carbons (Fsp3) is 0.208. The van der Waals surface area contributed by atoms with Crippen molar-refractivity contribution in [1.29, 1.82) is 0 Å². The van der Waals surface area contributed by atoms with Gasteiger partial charge in [0.1, 0.15) is 28.4 Å². The number of nitrogens with zero attached hydrogens (tertiary/aromatic N) is 3. The Labute approximate surface area is 197 Å². The topological polar surface area (TPSA) is 94.6 Å². The molecular weight excluding hydrogens is 465 g/mol. The van der Waals surface area contributed by atoms with E-state index in [-0.39, 0.29) is 45.4 Å². The molecule has 11 heteroatoms. The van der Waals surface area contributed by atoms with Crippen LogP contribution in [-0.2, 0) is 10.9 Å². The Morgan fingerprint density at radius 2 is 1.89 bits per heavy atom. The zero-order valence-electron chi connectivity index (χ0n) is 19.1. The van der Waals surface area contributed by atoms with Gasteiger partial charge in [-0.15, -0.1) is 6.42 Å². The zero-order valence-corrected chi connectivity index (χ0v) is 19.1. The number of halogens is 3. The third-order valence-corrected chi connectivity index (χ3v) is 5.30. The fourth-order valence-electron chi connectivity index (χ4n) is 3.70. The number of aryl methyl sites for hydroxylation is 2. The maximum absolute atomic E-state index is 13.9. The van der Waals surface area contributed by atoms with E-state index in [9.17, 15) is 18.0 Å². The normalized spacial score (nSPS) is 12.1. The molecule has 0 radical (unpaired) electrons. The number of nitrogens with one attached hydrogen (secondary N) is 1. The van der Waals surface area contributed by atoms with E-state index in [0.717, 1.165) is 0 Å². The molecule has 0 saturated heterocycles. The van der Waals surface area contributed by atoms with Crippen LogP contribution in [0.5, 0.6) is 5.75 Å². The number of methoxy groups -OCH3 is 2. The Balaban J connectivity index is 1.99. The molecule has 0 unspecified atom stereocenters. The molecule has 0 aliphatic carbocycles. The molecular formula is C24H19F3N4O4. The lowest BCUT2D eigenvalue weighted by Gasteiger charge is -2.08. The molecule has 1 N–H and O–H groups in total. The van der Waals surface area contributed by atoms with Crippen molar-refractivity contribution in [1.82, 2.24) is 19.6 Å². The smallest absolute Gasteiger partial charge is 0.435 e. The molecule has 0 saturated carbocycles. The van der Waals surface area contributed by atoms with Crippen molar-refractivity contribution >= 4 is 11.4 Å². The van der Waals surface area contributed by atoms with Crippen LogP contribution in [0.1, 0.15) is 22.8 Å². The number of hydrogen-bond donors (Lipinski definition) is 1. The summed E-state index contributed by atoms with van der Waals surface area (Å²) in [5.41, 5.74) is -1.83. The number of H-pyrrole nitrogens is 1. The number of allylic oxidation sites excluding steroid dienone is 1. The molecule has 0 fully saturated rings. The SMILES string of the molecule is C#C/C=C(/OC)c1nc(-c2c(C)[nH]c3c(-c4ccc(OC)cc4)c(C(F)(F)F)nn3c2=O)oc1C. The molecule has 35 heavy (non-hydrogen) atoms. The van der Waals surface area contributed by atoms with Gasteiger partial charge in [-0.25, -0.2) is 4.98 Å². The van der Waals surface area contributed by atoms with Crippen LogP contribution in [0.25, 0.3) is 34.0 Å². The number of oxazole rings is 1. The first-order valence-corrected chi connectivity index (χ1v) is 10.2.